The first-order valence-corrected chi connectivity index (χ1v) is 9.03. The zero-order valence-electron chi connectivity index (χ0n) is 14.9. The average molecular weight is 356 g/mol. The van der Waals surface area contributed by atoms with Gasteiger partial charge in [0.1, 0.15) is 6.04 Å². The monoisotopic (exact) mass is 356 g/mol. The molecule has 1 aliphatic rings. The number of carbonyl (C=O) groups is 3. The van der Waals surface area contributed by atoms with Crippen LogP contribution in [0.25, 0.3) is 10.9 Å². The molecule has 7 nitrogen and oxygen atoms in total. The van der Waals surface area contributed by atoms with E-state index in [0.29, 0.717) is 25.9 Å². The van der Waals surface area contributed by atoms with Crippen LogP contribution in [-0.2, 0) is 16.0 Å². The van der Waals surface area contributed by atoms with Gasteiger partial charge in [-0.15, -0.1) is 0 Å². The van der Waals surface area contributed by atoms with Crippen LogP contribution in [0.3, 0.4) is 0 Å². The Morgan fingerprint density at radius 2 is 2.08 bits per heavy atom. The number of urea groups is 1. The fourth-order valence-electron chi connectivity index (χ4n) is 3.18. The minimum absolute atomic E-state index is 0.0915. The first-order chi connectivity index (χ1) is 12.6. The van der Waals surface area contributed by atoms with Crippen molar-refractivity contribution in [2.24, 2.45) is 0 Å². The number of nitrogens with zero attached hydrogens (tertiary/aromatic N) is 1. The Balaban J connectivity index is 1.55. The molecule has 1 fully saturated rings. The van der Waals surface area contributed by atoms with Crippen molar-refractivity contribution in [1.82, 2.24) is 20.5 Å². The third-order valence-electron chi connectivity index (χ3n) is 4.62. The maximum Gasteiger partial charge on any atom is 0.324 e. The number of carbonyl (C=O) groups excluding carboxylic acids is 3. The summed E-state index contributed by atoms with van der Waals surface area (Å²) >= 11 is 0. The molecule has 3 rings (SSSR count). The summed E-state index contributed by atoms with van der Waals surface area (Å²) in [5, 5.41) is 6.56. The molecule has 1 unspecified atom stereocenters. The van der Waals surface area contributed by atoms with Crippen molar-refractivity contribution < 1.29 is 14.4 Å². The number of aromatic amines is 1. The summed E-state index contributed by atoms with van der Waals surface area (Å²) in [5.74, 6) is -0.343. The Morgan fingerprint density at radius 3 is 2.88 bits per heavy atom. The van der Waals surface area contributed by atoms with E-state index in [1.165, 1.54) is 4.90 Å². The third-order valence-corrected chi connectivity index (χ3v) is 4.62. The predicted molar refractivity (Wildman–Crippen MR) is 98.6 cm³/mol. The Bertz CT molecular complexity index is 814. The van der Waals surface area contributed by atoms with E-state index in [4.69, 9.17) is 0 Å². The first-order valence-electron chi connectivity index (χ1n) is 9.03. The largest absolute Gasteiger partial charge is 0.361 e. The van der Waals surface area contributed by atoms with Gasteiger partial charge in [-0.2, -0.15) is 0 Å². The van der Waals surface area contributed by atoms with Gasteiger partial charge in [-0.1, -0.05) is 25.1 Å². The Morgan fingerprint density at radius 1 is 1.27 bits per heavy atom. The number of aromatic nitrogens is 1. The fourth-order valence-corrected chi connectivity index (χ4v) is 3.18. The van der Waals surface area contributed by atoms with Crippen LogP contribution < -0.4 is 10.6 Å². The SMILES string of the molecule is CCCNC(=O)CCC1NC(=O)N(CCc2c[nH]c3ccccc23)C1=O. The van der Waals surface area contributed by atoms with E-state index < -0.39 is 6.04 Å². The topological polar surface area (TPSA) is 94.3 Å². The standard InChI is InChI=1S/C19H24N4O3/c1-2-10-20-17(24)8-7-16-18(25)23(19(26)22-16)11-9-13-12-21-15-6-4-3-5-14(13)15/h3-6,12,16,21H,2,7-11H2,1H3,(H,20,24)(H,22,26). The molecular formula is C19H24N4O3. The smallest absolute Gasteiger partial charge is 0.324 e. The second-order valence-corrected chi connectivity index (χ2v) is 6.49. The number of amides is 4. The number of benzene rings is 1. The van der Waals surface area contributed by atoms with Crippen molar-refractivity contribution in [2.45, 2.75) is 38.6 Å². The molecule has 138 valence electrons. The number of nitrogens with one attached hydrogen (secondary N) is 3. The number of para-hydroxylation sites is 1. The molecule has 1 aromatic heterocycles. The molecule has 0 spiro atoms. The van der Waals surface area contributed by atoms with E-state index in [-0.39, 0.29) is 24.3 Å². The van der Waals surface area contributed by atoms with Gasteiger partial charge in [0.15, 0.2) is 0 Å². The van der Waals surface area contributed by atoms with Crippen LogP contribution in [-0.4, -0.2) is 46.9 Å². The molecule has 3 N–H and O–H groups in total. The molecule has 0 bridgehead atoms. The lowest BCUT2D eigenvalue weighted by molar-refractivity contribution is -0.127. The molecule has 4 amide bonds. The fraction of sp³-hybridized carbons (Fsp3) is 0.421. The van der Waals surface area contributed by atoms with E-state index >= 15 is 0 Å². The third kappa shape index (κ3) is 3.87. The second kappa shape index (κ2) is 8.03. The van der Waals surface area contributed by atoms with Crippen LogP contribution in [0.4, 0.5) is 4.79 Å². The van der Waals surface area contributed by atoms with Gasteiger partial charge in [-0.3, -0.25) is 14.5 Å². The second-order valence-electron chi connectivity index (χ2n) is 6.49. The molecule has 1 saturated heterocycles. The highest BCUT2D eigenvalue weighted by molar-refractivity contribution is 6.04. The lowest BCUT2D eigenvalue weighted by Crippen LogP contribution is -2.34. The van der Waals surface area contributed by atoms with Crippen molar-refractivity contribution in [3.8, 4) is 0 Å². The van der Waals surface area contributed by atoms with E-state index in [9.17, 15) is 14.4 Å². The summed E-state index contributed by atoms with van der Waals surface area (Å²) in [6, 6.07) is 6.94. The summed E-state index contributed by atoms with van der Waals surface area (Å²) in [6.45, 7) is 2.93. The number of fused-ring (bicyclic) bond motifs is 1. The number of rotatable bonds is 8. The van der Waals surface area contributed by atoms with Crippen LogP contribution in [0.15, 0.2) is 30.5 Å². The van der Waals surface area contributed by atoms with Crippen molar-refractivity contribution in [3.05, 3.63) is 36.0 Å². The number of hydrogen-bond donors (Lipinski definition) is 3. The van der Waals surface area contributed by atoms with Gasteiger partial charge < -0.3 is 15.6 Å². The van der Waals surface area contributed by atoms with Crippen molar-refractivity contribution >= 4 is 28.7 Å². The lowest BCUT2D eigenvalue weighted by atomic mass is 10.1. The summed E-state index contributed by atoms with van der Waals surface area (Å²) in [5.41, 5.74) is 2.11. The maximum atomic E-state index is 12.5. The van der Waals surface area contributed by atoms with Crippen molar-refractivity contribution in [2.75, 3.05) is 13.1 Å². The quantitative estimate of drug-likeness (QED) is 0.631. The minimum atomic E-state index is -0.613. The van der Waals surface area contributed by atoms with Gasteiger partial charge in [0, 0.05) is 36.6 Å². The normalized spacial score (nSPS) is 17.0. The van der Waals surface area contributed by atoms with E-state index in [2.05, 4.69) is 15.6 Å². The molecule has 1 aromatic carbocycles. The molecule has 1 aliphatic heterocycles. The van der Waals surface area contributed by atoms with E-state index in [1.54, 1.807) is 0 Å². The van der Waals surface area contributed by atoms with Crippen LogP contribution >= 0.6 is 0 Å². The molecule has 26 heavy (non-hydrogen) atoms. The van der Waals surface area contributed by atoms with Gasteiger partial charge in [0.05, 0.1) is 0 Å². The van der Waals surface area contributed by atoms with Gasteiger partial charge in [-0.05, 0) is 30.9 Å². The predicted octanol–water partition coefficient (Wildman–Crippen LogP) is 1.94. The summed E-state index contributed by atoms with van der Waals surface area (Å²) < 4.78 is 0. The van der Waals surface area contributed by atoms with Crippen molar-refractivity contribution in [1.29, 1.82) is 0 Å². The number of H-pyrrole nitrogens is 1. The molecule has 0 saturated carbocycles. The highest BCUT2D eigenvalue weighted by Crippen LogP contribution is 2.19. The van der Waals surface area contributed by atoms with Crippen LogP contribution in [0, 0.1) is 0 Å². The Kier molecular flexibility index (Phi) is 5.55. The maximum absolute atomic E-state index is 12.5. The van der Waals surface area contributed by atoms with Crippen LogP contribution in [0.5, 0.6) is 0 Å². The number of hydrogen-bond acceptors (Lipinski definition) is 3. The molecule has 2 aromatic rings. The summed E-state index contributed by atoms with van der Waals surface area (Å²) in [7, 11) is 0. The van der Waals surface area contributed by atoms with Crippen LogP contribution in [0.2, 0.25) is 0 Å². The first kappa shape index (κ1) is 18.0. The van der Waals surface area contributed by atoms with E-state index in [0.717, 1.165) is 22.9 Å². The summed E-state index contributed by atoms with van der Waals surface area (Å²) in [4.78, 5) is 40.7. The molecular weight excluding hydrogens is 332 g/mol. The molecule has 7 heteroatoms. The Labute approximate surface area is 152 Å². The minimum Gasteiger partial charge on any atom is -0.361 e. The van der Waals surface area contributed by atoms with Gasteiger partial charge >= 0.3 is 6.03 Å². The highest BCUT2D eigenvalue weighted by atomic mass is 16.2. The molecule has 0 radical (unpaired) electrons. The molecule has 0 aliphatic carbocycles. The van der Waals surface area contributed by atoms with Gasteiger partial charge in [0.2, 0.25) is 5.91 Å². The van der Waals surface area contributed by atoms with Gasteiger partial charge in [-0.25, -0.2) is 4.79 Å². The number of imide groups is 1. The van der Waals surface area contributed by atoms with E-state index in [1.807, 2.05) is 37.4 Å². The molecule has 2 heterocycles. The van der Waals surface area contributed by atoms with Crippen molar-refractivity contribution in [3.63, 3.8) is 0 Å². The average Bonchev–Trinajstić information content (AvgIpc) is 3.17. The van der Waals surface area contributed by atoms with Crippen LogP contribution in [0.1, 0.15) is 31.7 Å². The van der Waals surface area contributed by atoms with Gasteiger partial charge in [0.25, 0.3) is 5.91 Å². The lowest BCUT2D eigenvalue weighted by Gasteiger charge is -2.12. The molecule has 1 atom stereocenters. The summed E-state index contributed by atoms with van der Waals surface area (Å²) in [6.07, 6.45) is 3.93. The zero-order valence-corrected chi connectivity index (χ0v) is 14.9. The highest BCUT2D eigenvalue weighted by Gasteiger charge is 2.37. The Hall–Kier alpha value is -2.83. The zero-order chi connectivity index (χ0) is 18.5.